The first kappa shape index (κ1) is 54.8. The minimum Gasteiger partial charge on any atom is -0.334 e. The molecule has 0 bridgehead atoms. The van der Waals surface area contributed by atoms with E-state index in [1.807, 2.05) is 0 Å². The molecule has 432 valence electrons. The van der Waals surface area contributed by atoms with Gasteiger partial charge in [-0.05, 0) is 198 Å². The first-order valence-electron chi connectivity index (χ1n) is 32.4. The van der Waals surface area contributed by atoms with Crippen molar-refractivity contribution in [3.63, 3.8) is 0 Å². The van der Waals surface area contributed by atoms with Crippen molar-refractivity contribution in [2.75, 3.05) is 14.7 Å². The van der Waals surface area contributed by atoms with E-state index in [-0.39, 0.29) is 55.6 Å². The van der Waals surface area contributed by atoms with E-state index in [0.29, 0.717) is 0 Å². The molecular weight excluding hydrogens is 1030 g/mol. The molecule has 0 saturated heterocycles. The fourth-order valence-corrected chi connectivity index (χ4v) is 19.5. The fraction of sp³-hybridized carbons (Fsp3) is 0.407. The van der Waals surface area contributed by atoms with E-state index in [9.17, 15) is 0 Å². The average Bonchev–Trinajstić information content (AvgIpc) is 1.53. The zero-order valence-corrected chi connectivity index (χ0v) is 54.5. The van der Waals surface area contributed by atoms with Crippen LogP contribution in [0.2, 0.25) is 0 Å². The van der Waals surface area contributed by atoms with Crippen LogP contribution in [-0.2, 0) is 43.3 Å². The van der Waals surface area contributed by atoms with Gasteiger partial charge in [-0.25, -0.2) is 0 Å². The number of nitrogens with zero attached hydrogens (tertiary/aromatic N) is 3. The number of para-hydroxylation sites is 1. The lowest BCUT2D eigenvalue weighted by molar-refractivity contribution is 0.195. The van der Waals surface area contributed by atoms with Crippen molar-refractivity contribution in [3.8, 4) is 11.1 Å². The SMILES string of the molecule is Cc1cc2c(cc1N1c3cc4c(cc3B3c5cc6c(cc5N(c5ccc(C(C)(C)C)cc5-c5ccccc5)c5cc(N7c8ccccc8C8(C)CCCCC78C)cc1c53)C(C)(C)CC6(C)C)C(C)(C)c1ccccc1C4(C)C)C(C)(C)CC2(C)C. The molecule has 8 aromatic carbocycles. The first-order valence-corrected chi connectivity index (χ1v) is 32.4. The largest absolute Gasteiger partial charge is 0.334 e. The summed E-state index contributed by atoms with van der Waals surface area (Å²) in [6.45, 7) is 44.7. The van der Waals surface area contributed by atoms with E-state index in [4.69, 9.17) is 0 Å². The molecule has 3 nitrogen and oxygen atoms in total. The first-order chi connectivity index (χ1) is 39.9. The van der Waals surface area contributed by atoms with Crippen molar-refractivity contribution in [3.05, 3.63) is 207 Å². The Morgan fingerprint density at radius 2 is 0.871 bits per heavy atom. The van der Waals surface area contributed by atoms with Crippen LogP contribution < -0.4 is 31.1 Å². The van der Waals surface area contributed by atoms with Crippen LogP contribution in [0.5, 0.6) is 0 Å². The van der Waals surface area contributed by atoms with Crippen molar-refractivity contribution in [2.45, 2.75) is 212 Å². The summed E-state index contributed by atoms with van der Waals surface area (Å²) in [5, 5.41) is 0. The average molecular weight is 1120 g/mol. The van der Waals surface area contributed by atoms with Crippen LogP contribution in [0.25, 0.3) is 11.1 Å². The highest BCUT2D eigenvalue weighted by Gasteiger charge is 2.59. The third kappa shape index (κ3) is 7.33. The highest BCUT2D eigenvalue weighted by Crippen LogP contribution is 2.63. The third-order valence-electron chi connectivity index (χ3n) is 23.7. The zero-order chi connectivity index (χ0) is 59.9. The Morgan fingerprint density at radius 3 is 1.46 bits per heavy atom. The van der Waals surface area contributed by atoms with Gasteiger partial charge in [-0.2, -0.15) is 0 Å². The van der Waals surface area contributed by atoms with Gasteiger partial charge in [-0.1, -0.05) is 221 Å². The zero-order valence-electron chi connectivity index (χ0n) is 54.5. The second-order valence-corrected chi connectivity index (χ2v) is 32.8. The Hall–Kier alpha value is -6.78. The predicted molar refractivity (Wildman–Crippen MR) is 364 cm³/mol. The normalized spacial score (nSPS) is 23.2. The summed E-state index contributed by atoms with van der Waals surface area (Å²) in [6, 6.07) is 59.3. The van der Waals surface area contributed by atoms with Crippen molar-refractivity contribution in [2.24, 2.45) is 0 Å². The quantitative estimate of drug-likeness (QED) is 0.163. The summed E-state index contributed by atoms with van der Waals surface area (Å²) < 4.78 is 0. The number of hydrogen-bond acceptors (Lipinski definition) is 3. The molecular formula is C81H90BN3. The van der Waals surface area contributed by atoms with Crippen molar-refractivity contribution in [1.29, 1.82) is 0 Å². The maximum absolute atomic E-state index is 2.86. The Morgan fingerprint density at radius 1 is 0.400 bits per heavy atom. The van der Waals surface area contributed by atoms with Gasteiger partial charge in [0.05, 0.1) is 11.2 Å². The van der Waals surface area contributed by atoms with E-state index in [1.54, 1.807) is 0 Å². The molecule has 7 aliphatic rings. The third-order valence-corrected chi connectivity index (χ3v) is 23.7. The van der Waals surface area contributed by atoms with E-state index in [2.05, 4.69) is 285 Å². The van der Waals surface area contributed by atoms with Crippen LogP contribution in [0.3, 0.4) is 0 Å². The molecule has 0 radical (unpaired) electrons. The molecule has 8 aromatic rings. The Balaban J connectivity index is 1.14. The molecule has 0 N–H and O–H groups in total. The Kier molecular flexibility index (Phi) is 11.1. The van der Waals surface area contributed by atoms with E-state index < -0.39 is 0 Å². The molecule has 3 aliphatic heterocycles. The van der Waals surface area contributed by atoms with Crippen molar-refractivity contribution in [1.82, 2.24) is 0 Å². The monoisotopic (exact) mass is 1120 g/mol. The van der Waals surface area contributed by atoms with Gasteiger partial charge in [-0.3, -0.25) is 0 Å². The summed E-state index contributed by atoms with van der Waals surface area (Å²) in [5.41, 5.74) is 32.2. The Labute approximate surface area is 510 Å². The molecule has 4 aliphatic carbocycles. The molecule has 1 fully saturated rings. The van der Waals surface area contributed by atoms with Gasteiger partial charge >= 0.3 is 0 Å². The van der Waals surface area contributed by atoms with E-state index in [0.717, 1.165) is 19.3 Å². The van der Waals surface area contributed by atoms with Gasteiger partial charge in [0.15, 0.2) is 0 Å². The van der Waals surface area contributed by atoms with Crippen LogP contribution in [0.4, 0.5) is 45.5 Å². The number of hydrogen-bond donors (Lipinski definition) is 0. The smallest absolute Gasteiger partial charge is 0.252 e. The second kappa shape index (κ2) is 17.3. The van der Waals surface area contributed by atoms with E-state index >= 15 is 0 Å². The topological polar surface area (TPSA) is 9.72 Å². The van der Waals surface area contributed by atoms with E-state index in [1.165, 1.54) is 153 Å². The standard InChI is InChI=1S/C81H90BN3/c1-49-38-57-59(76(9,10)47-74(57,5)6)44-67(49)84-69-46-62-61(78(13,14)54-30-22-23-31-55(54)79(62,15)16)43-64(69)82-63-42-58-60(77(11,12)48-75(58,7)8)45-68(63)83(65-35-34-51(73(2,3)4)39-53(65)50-28-20-19-21-29-50)70-40-52(41-71(84)72(70)82)85-66-33-25-24-32-56(66)80(17)36-26-27-37-81(80,85)18/h19-25,28-35,38-46H,26-27,36-37,47-48H2,1-18H3. The van der Waals surface area contributed by atoms with Crippen molar-refractivity contribution < 1.29 is 0 Å². The maximum atomic E-state index is 2.86. The molecule has 0 aromatic heterocycles. The van der Waals surface area contributed by atoms with Crippen LogP contribution in [-0.4, -0.2) is 12.3 Å². The molecule has 2 atom stereocenters. The van der Waals surface area contributed by atoms with Gasteiger partial charge < -0.3 is 14.7 Å². The number of rotatable bonds is 4. The van der Waals surface area contributed by atoms with Gasteiger partial charge in [0.25, 0.3) is 6.71 Å². The van der Waals surface area contributed by atoms with Crippen LogP contribution in [0.15, 0.2) is 146 Å². The minimum absolute atomic E-state index is 0.00165. The molecule has 1 saturated carbocycles. The second-order valence-electron chi connectivity index (χ2n) is 32.8. The molecule has 15 rings (SSSR count). The number of fused-ring (bicyclic) bond motifs is 11. The summed E-state index contributed by atoms with van der Waals surface area (Å²) >= 11 is 0. The molecule has 0 amide bonds. The molecule has 3 heterocycles. The lowest BCUT2D eigenvalue weighted by atomic mass is 9.32. The summed E-state index contributed by atoms with van der Waals surface area (Å²) in [4.78, 5) is 8.48. The van der Waals surface area contributed by atoms with Gasteiger partial charge in [0, 0.05) is 61.6 Å². The molecule has 0 spiro atoms. The van der Waals surface area contributed by atoms with Crippen LogP contribution in [0, 0.1) is 6.92 Å². The van der Waals surface area contributed by atoms with Gasteiger partial charge in [-0.15, -0.1) is 0 Å². The van der Waals surface area contributed by atoms with Gasteiger partial charge in [0.1, 0.15) is 0 Å². The predicted octanol–water partition coefficient (Wildman–Crippen LogP) is 19.7. The minimum atomic E-state index is -0.252. The summed E-state index contributed by atoms with van der Waals surface area (Å²) in [7, 11) is 0. The summed E-state index contributed by atoms with van der Waals surface area (Å²) in [5.74, 6) is 0. The fourth-order valence-electron chi connectivity index (χ4n) is 19.5. The number of benzene rings is 8. The lowest BCUT2D eigenvalue weighted by Gasteiger charge is -2.51. The maximum Gasteiger partial charge on any atom is 0.252 e. The summed E-state index contributed by atoms with van der Waals surface area (Å²) in [6.07, 6.45) is 6.98. The molecule has 85 heavy (non-hydrogen) atoms. The number of aryl methyl sites for hydroxylation is 1. The highest BCUT2D eigenvalue weighted by molar-refractivity contribution is 7.00. The molecule has 2 unspecified atom stereocenters. The molecule has 4 heteroatoms. The van der Waals surface area contributed by atoms with Crippen LogP contribution in [0.1, 0.15) is 217 Å². The number of anilines is 8. The lowest BCUT2D eigenvalue weighted by Crippen LogP contribution is -2.62. The Bertz CT molecular complexity index is 4200. The van der Waals surface area contributed by atoms with Crippen LogP contribution >= 0.6 is 0 Å². The van der Waals surface area contributed by atoms with Crippen molar-refractivity contribution >= 4 is 68.6 Å². The highest BCUT2D eigenvalue weighted by atomic mass is 15.3. The van der Waals surface area contributed by atoms with Gasteiger partial charge in [0.2, 0.25) is 0 Å².